The Hall–Kier alpha value is -1.77. The van der Waals surface area contributed by atoms with Gasteiger partial charge in [-0.1, -0.05) is 0 Å². The van der Waals surface area contributed by atoms with Gasteiger partial charge < -0.3 is 15.0 Å². The van der Waals surface area contributed by atoms with E-state index in [2.05, 4.69) is 26.1 Å². The maximum absolute atomic E-state index is 12.2. The molecule has 0 radical (unpaired) electrons. The number of anilines is 1. The van der Waals surface area contributed by atoms with Crippen molar-refractivity contribution in [2.24, 2.45) is 0 Å². The van der Waals surface area contributed by atoms with Gasteiger partial charge in [0.05, 0.1) is 31.0 Å². The molecule has 4 rings (SSSR count). The number of hydrogen-bond donors (Lipinski definition) is 1. The second kappa shape index (κ2) is 7.09. The molecule has 1 atom stereocenters. The van der Waals surface area contributed by atoms with Gasteiger partial charge in [-0.15, -0.1) is 0 Å². The van der Waals surface area contributed by atoms with Crippen LogP contribution in [-0.4, -0.2) is 43.0 Å². The lowest BCUT2D eigenvalue weighted by molar-refractivity contribution is -0.133. The minimum absolute atomic E-state index is 0.0705. The molecular weight excluding hydrogens is 418 g/mol. The van der Waals surface area contributed by atoms with Crippen LogP contribution in [0.25, 0.3) is 0 Å². The zero-order valence-corrected chi connectivity index (χ0v) is 16.4. The maximum atomic E-state index is 12.2. The molecule has 0 saturated carbocycles. The summed E-state index contributed by atoms with van der Waals surface area (Å²) in [6, 6.07) is 5.85. The third-order valence-electron chi connectivity index (χ3n) is 4.80. The standard InChI is InChI=1S/C18H18BrN3O3S/c19-17-14(22-4-6-25-7-5-22)1-2-15(20-17)18(12-3-8-26-11-12)10-13(23)9-16(24)21-18/h1-3,8,11H,4-7,9-10H2,(H,21,24). The van der Waals surface area contributed by atoms with E-state index < -0.39 is 5.54 Å². The van der Waals surface area contributed by atoms with E-state index in [-0.39, 0.29) is 24.5 Å². The summed E-state index contributed by atoms with van der Waals surface area (Å²) in [5, 5.41) is 6.94. The van der Waals surface area contributed by atoms with Crippen LogP contribution in [-0.2, 0) is 19.9 Å². The van der Waals surface area contributed by atoms with E-state index in [1.165, 1.54) is 11.3 Å². The fraction of sp³-hybridized carbons (Fsp3) is 0.389. The number of Topliss-reactive ketones (excluding diaryl/α,β-unsaturated/α-hetero) is 1. The van der Waals surface area contributed by atoms with Crippen LogP contribution in [0.2, 0.25) is 0 Å². The van der Waals surface area contributed by atoms with Gasteiger partial charge in [-0.3, -0.25) is 9.59 Å². The lowest BCUT2D eigenvalue weighted by Crippen LogP contribution is -2.53. The molecule has 2 aromatic heterocycles. The Labute approximate surface area is 163 Å². The molecule has 2 aliphatic rings. The Morgan fingerprint density at radius 1 is 1.23 bits per heavy atom. The zero-order valence-electron chi connectivity index (χ0n) is 14.0. The number of ether oxygens (including phenoxy) is 1. The first-order chi connectivity index (χ1) is 12.6. The monoisotopic (exact) mass is 435 g/mol. The van der Waals surface area contributed by atoms with Gasteiger partial charge in [0.25, 0.3) is 0 Å². The lowest BCUT2D eigenvalue weighted by atomic mass is 9.80. The number of hydrogen-bond acceptors (Lipinski definition) is 6. The first-order valence-electron chi connectivity index (χ1n) is 8.43. The van der Waals surface area contributed by atoms with Crippen molar-refractivity contribution in [3.8, 4) is 0 Å². The Balaban J connectivity index is 1.76. The molecule has 6 nitrogen and oxygen atoms in total. The number of amides is 1. The van der Waals surface area contributed by atoms with Crippen LogP contribution >= 0.6 is 27.3 Å². The quantitative estimate of drug-likeness (QED) is 0.592. The van der Waals surface area contributed by atoms with Gasteiger partial charge in [0.15, 0.2) is 0 Å². The van der Waals surface area contributed by atoms with Gasteiger partial charge in [0.2, 0.25) is 5.91 Å². The number of carbonyl (C=O) groups excluding carboxylic acids is 2. The molecule has 1 unspecified atom stereocenters. The Morgan fingerprint density at radius 2 is 2.04 bits per heavy atom. The first kappa shape index (κ1) is 17.6. The number of morpholine rings is 1. The van der Waals surface area contributed by atoms with Crippen LogP contribution in [0, 0.1) is 0 Å². The van der Waals surface area contributed by atoms with Gasteiger partial charge >= 0.3 is 0 Å². The van der Waals surface area contributed by atoms with E-state index in [1.54, 1.807) is 0 Å². The average Bonchev–Trinajstić information content (AvgIpc) is 3.17. The number of rotatable bonds is 3. The highest BCUT2D eigenvalue weighted by atomic mass is 79.9. The van der Waals surface area contributed by atoms with Gasteiger partial charge in [0.1, 0.15) is 15.9 Å². The van der Waals surface area contributed by atoms with Crippen LogP contribution < -0.4 is 10.2 Å². The van der Waals surface area contributed by atoms with Crippen LogP contribution in [0.4, 0.5) is 5.69 Å². The van der Waals surface area contributed by atoms with Crippen molar-refractivity contribution in [1.82, 2.24) is 10.3 Å². The predicted molar refractivity (Wildman–Crippen MR) is 102 cm³/mol. The number of nitrogens with one attached hydrogen (secondary N) is 1. The number of aromatic nitrogens is 1. The predicted octanol–water partition coefficient (Wildman–Crippen LogP) is 2.46. The molecule has 2 fully saturated rings. The number of pyridine rings is 1. The van der Waals surface area contributed by atoms with E-state index in [4.69, 9.17) is 9.72 Å². The Kier molecular flexibility index (Phi) is 4.81. The highest BCUT2D eigenvalue weighted by Crippen LogP contribution is 2.38. The van der Waals surface area contributed by atoms with Gasteiger partial charge in [-0.25, -0.2) is 4.98 Å². The van der Waals surface area contributed by atoms with E-state index in [0.29, 0.717) is 23.5 Å². The largest absolute Gasteiger partial charge is 0.378 e. The first-order valence-corrected chi connectivity index (χ1v) is 10.2. The molecular formula is C18H18BrN3O3S. The lowest BCUT2D eigenvalue weighted by Gasteiger charge is -2.37. The highest BCUT2D eigenvalue weighted by molar-refractivity contribution is 9.10. The summed E-state index contributed by atoms with van der Waals surface area (Å²) in [4.78, 5) is 31.4. The zero-order chi connectivity index (χ0) is 18.1. The normalized spacial score (nSPS) is 23.8. The highest BCUT2D eigenvalue weighted by Gasteiger charge is 2.43. The third kappa shape index (κ3) is 3.17. The fourth-order valence-corrected chi connectivity index (χ4v) is 4.86. The fourth-order valence-electron chi connectivity index (χ4n) is 3.55. The smallest absolute Gasteiger partial charge is 0.228 e. The minimum Gasteiger partial charge on any atom is -0.378 e. The summed E-state index contributed by atoms with van der Waals surface area (Å²) in [5.74, 6) is -0.335. The summed E-state index contributed by atoms with van der Waals surface area (Å²) < 4.78 is 6.11. The van der Waals surface area contributed by atoms with E-state index in [9.17, 15) is 9.59 Å². The summed E-state index contributed by atoms with van der Waals surface area (Å²) in [6.45, 7) is 3.00. The topological polar surface area (TPSA) is 71.5 Å². The summed E-state index contributed by atoms with van der Waals surface area (Å²) in [6.07, 6.45) is 0.144. The van der Waals surface area contributed by atoms with E-state index >= 15 is 0 Å². The number of halogens is 1. The van der Waals surface area contributed by atoms with Crippen molar-refractivity contribution in [2.75, 3.05) is 31.2 Å². The molecule has 26 heavy (non-hydrogen) atoms. The van der Waals surface area contributed by atoms with E-state index in [0.717, 1.165) is 24.3 Å². The number of ketones is 1. The SMILES string of the molecule is O=C1CC(=O)NC(c2ccsc2)(c2ccc(N3CCOCC3)c(Br)n2)C1. The maximum Gasteiger partial charge on any atom is 0.228 e. The Bertz CT molecular complexity index is 818. The molecule has 136 valence electrons. The van der Waals surface area contributed by atoms with Crippen molar-refractivity contribution in [3.63, 3.8) is 0 Å². The average molecular weight is 436 g/mol. The summed E-state index contributed by atoms with van der Waals surface area (Å²) in [5.41, 5.74) is 1.65. The summed E-state index contributed by atoms with van der Waals surface area (Å²) >= 11 is 5.11. The molecule has 1 N–H and O–H groups in total. The molecule has 0 aromatic carbocycles. The van der Waals surface area contributed by atoms with Gasteiger partial charge in [-0.05, 0) is 50.5 Å². The van der Waals surface area contributed by atoms with Crippen molar-refractivity contribution < 1.29 is 14.3 Å². The molecule has 4 heterocycles. The van der Waals surface area contributed by atoms with Crippen LogP contribution in [0.15, 0.2) is 33.6 Å². The second-order valence-electron chi connectivity index (χ2n) is 6.46. The minimum atomic E-state index is -0.904. The molecule has 0 bridgehead atoms. The van der Waals surface area contributed by atoms with E-state index in [1.807, 2.05) is 29.0 Å². The number of thiophene rings is 1. The molecule has 2 aromatic rings. The van der Waals surface area contributed by atoms with Gasteiger partial charge in [-0.2, -0.15) is 11.3 Å². The number of piperidine rings is 1. The van der Waals surface area contributed by atoms with Crippen molar-refractivity contribution in [1.29, 1.82) is 0 Å². The summed E-state index contributed by atoms with van der Waals surface area (Å²) in [7, 11) is 0. The molecule has 1 amide bonds. The van der Waals surface area contributed by atoms with Crippen molar-refractivity contribution in [2.45, 2.75) is 18.4 Å². The second-order valence-corrected chi connectivity index (χ2v) is 7.99. The number of nitrogens with zero attached hydrogens (tertiary/aromatic N) is 2. The van der Waals surface area contributed by atoms with Gasteiger partial charge in [0, 0.05) is 19.5 Å². The number of carbonyl (C=O) groups is 2. The molecule has 0 spiro atoms. The van der Waals surface area contributed by atoms with Crippen LogP contribution in [0.5, 0.6) is 0 Å². The van der Waals surface area contributed by atoms with Crippen molar-refractivity contribution >= 4 is 44.6 Å². The molecule has 2 aliphatic heterocycles. The van der Waals surface area contributed by atoms with Crippen LogP contribution in [0.3, 0.4) is 0 Å². The van der Waals surface area contributed by atoms with Crippen LogP contribution in [0.1, 0.15) is 24.1 Å². The van der Waals surface area contributed by atoms with Crippen molar-refractivity contribution in [3.05, 3.63) is 44.8 Å². The molecule has 2 saturated heterocycles. The molecule has 8 heteroatoms. The Morgan fingerprint density at radius 3 is 2.69 bits per heavy atom. The molecule has 0 aliphatic carbocycles. The third-order valence-corrected chi connectivity index (χ3v) is 6.07.